The second kappa shape index (κ2) is 3.79. The van der Waals surface area contributed by atoms with Gasteiger partial charge in [0.05, 0.1) is 18.1 Å². The molecule has 4 heterocycles. The number of imidazole rings is 2. The minimum Gasteiger partial charge on any atom is -0.387 e. The van der Waals surface area contributed by atoms with Crippen LogP contribution < -0.4 is 5.32 Å². The van der Waals surface area contributed by atoms with Crippen LogP contribution in [0.2, 0.25) is 0 Å². The summed E-state index contributed by atoms with van der Waals surface area (Å²) in [5.41, 5.74) is 2.91. The van der Waals surface area contributed by atoms with E-state index < -0.39 is 0 Å². The van der Waals surface area contributed by atoms with Crippen LogP contribution in [0.25, 0.3) is 21.3 Å². The third kappa shape index (κ3) is 1.52. The van der Waals surface area contributed by atoms with Crippen molar-refractivity contribution in [2.45, 2.75) is 0 Å². The van der Waals surface area contributed by atoms with Crippen molar-refractivity contribution in [3.05, 3.63) is 36.9 Å². The van der Waals surface area contributed by atoms with Crippen molar-refractivity contribution in [1.82, 2.24) is 24.0 Å². The first-order valence-electron chi connectivity index (χ1n) is 5.80. The molecule has 0 fully saturated rings. The van der Waals surface area contributed by atoms with Gasteiger partial charge < -0.3 is 5.32 Å². The smallest absolute Gasteiger partial charge is 0.212 e. The van der Waals surface area contributed by atoms with Crippen LogP contribution in [-0.4, -0.2) is 31.0 Å². The molecule has 7 heteroatoms. The van der Waals surface area contributed by atoms with E-state index in [1.54, 1.807) is 22.0 Å². The molecule has 0 aliphatic heterocycles. The number of nitrogens with zero attached hydrogens (tertiary/aromatic N) is 5. The fourth-order valence-electron chi connectivity index (χ4n) is 2.03. The molecule has 4 rings (SSSR count). The van der Waals surface area contributed by atoms with Crippen molar-refractivity contribution >= 4 is 27.6 Å². The number of pyridine rings is 1. The van der Waals surface area contributed by atoms with Gasteiger partial charge in [-0.1, -0.05) is 11.3 Å². The highest BCUT2D eigenvalue weighted by atomic mass is 32.1. The van der Waals surface area contributed by atoms with Crippen LogP contribution in [0, 0.1) is 0 Å². The Morgan fingerprint density at radius 1 is 1.26 bits per heavy atom. The summed E-state index contributed by atoms with van der Waals surface area (Å²) in [7, 11) is 1.90. The molecule has 0 atom stereocenters. The number of hydrogen-bond acceptors (Lipinski definition) is 5. The molecule has 0 saturated heterocycles. The van der Waals surface area contributed by atoms with Gasteiger partial charge in [0.1, 0.15) is 11.3 Å². The molecule has 94 valence electrons. The lowest BCUT2D eigenvalue weighted by atomic mass is 10.4. The summed E-state index contributed by atoms with van der Waals surface area (Å²) in [5, 5.41) is 8.54. The summed E-state index contributed by atoms with van der Waals surface area (Å²) in [6, 6.07) is 3.98. The summed E-state index contributed by atoms with van der Waals surface area (Å²) in [4.78, 5) is 9.52. The summed E-state index contributed by atoms with van der Waals surface area (Å²) >= 11 is 1.55. The monoisotopic (exact) mass is 270 g/mol. The minimum atomic E-state index is 0.884. The SMILES string of the molecule is CNc1ccc2ncc(-c3nn4ccnc4s3)n2c1. The normalized spacial score (nSPS) is 11.4. The molecule has 19 heavy (non-hydrogen) atoms. The molecule has 0 spiro atoms. The van der Waals surface area contributed by atoms with Crippen LogP contribution in [0.5, 0.6) is 0 Å². The highest BCUT2D eigenvalue weighted by molar-refractivity contribution is 7.19. The Kier molecular flexibility index (Phi) is 2.10. The topological polar surface area (TPSA) is 59.5 Å². The highest BCUT2D eigenvalue weighted by Gasteiger charge is 2.12. The number of aromatic nitrogens is 5. The second-order valence-corrected chi connectivity index (χ2v) is 5.06. The first kappa shape index (κ1) is 10.5. The molecule has 0 radical (unpaired) electrons. The zero-order valence-corrected chi connectivity index (χ0v) is 10.9. The molecule has 0 aliphatic carbocycles. The van der Waals surface area contributed by atoms with E-state index in [2.05, 4.69) is 20.4 Å². The van der Waals surface area contributed by atoms with Gasteiger partial charge in [-0.25, -0.2) is 14.5 Å². The number of nitrogens with one attached hydrogen (secondary N) is 1. The van der Waals surface area contributed by atoms with Crippen LogP contribution in [0.15, 0.2) is 36.9 Å². The van der Waals surface area contributed by atoms with E-state index in [4.69, 9.17) is 0 Å². The zero-order chi connectivity index (χ0) is 12.8. The summed E-state index contributed by atoms with van der Waals surface area (Å²) in [5.74, 6) is 0. The van der Waals surface area contributed by atoms with Crippen LogP contribution in [0.1, 0.15) is 0 Å². The molecule has 4 aromatic rings. The van der Waals surface area contributed by atoms with E-state index in [0.29, 0.717) is 0 Å². The lowest BCUT2D eigenvalue weighted by molar-refractivity contribution is 0.972. The molecule has 0 amide bonds. The molecule has 0 saturated carbocycles. The van der Waals surface area contributed by atoms with E-state index in [-0.39, 0.29) is 0 Å². The highest BCUT2D eigenvalue weighted by Crippen LogP contribution is 2.26. The van der Waals surface area contributed by atoms with Gasteiger partial charge in [-0.2, -0.15) is 5.10 Å². The van der Waals surface area contributed by atoms with E-state index in [1.807, 2.05) is 42.2 Å². The molecule has 4 aromatic heterocycles. The Morgan fingerprint density at radius 3 is 3.05 bits per heavy atom. The Balaban J connectivity index is 1.96. The Labute approximate surface area is 112 Å². The number of hydrogen-bond donors (Lipinski definition) is 1. The fraction of sp³-hybridized carbons (Fsp3) is 0.0833. The van der Waals surface area contributed by atoms with E-state index in [1.165, 1.54) is 0 Å². The van der Waals surface area contributed by atoms with E-state index >= 15 is 0 Å². The maximum absolute atomic E-state index is 4.51. The van der Waals surface area contributed by atoms with Crippen molar-refractivity contribution in [2.75, 3.05) is 12.4 Å². The Morgan fingerprint density at radius 2 is 2.21 bits per heavy atom. The summed E-state index contributed by atoms with van der Waals surface area (Å²) in [6.45, 7) is 0. The second-order valence-electron chi connectivity index (χ2n) is 4.10. The van der Waals surface area contributed by atoms with Gasteiger partial charge in [0.25, 0.3) is 0 Å². The third-order valence-corrected chi connectivity index (χ3v) is 3.95. The quantitative estimate of drug-likeness (QED) is 0.606. The van der Waals surface area contributed by atoms with Gasteiger partial charge in [-0.3, -0.25) is 4.40 Å². The first-order chi connectivity index (χ1) is 9.35. The van der Waals surface area contributed by atoms with Crippen LogP contribution in [-0.2, 0) is 0 Å². The maximum atomic E-state index is 4.51. The van der Waals surface area contributed by atoms with Gasteiger partial charge in [0, 0.05) is 19.4 Å². The molecule has 0 aromatic carbocycles. The lowest BCUT2D eigenvalue weighted by Gasteiger charge is -2.02. The maximum Gasteiger partial charge on any atom is 0.212 e. The summed E-state index contributed by atoms with van der Waals surface area (Å²) < 4.78 is 3.81. The molecule has 1 N–H and O–H groups in total. The molecule has 6 nitrogen and oxygen atoms in total. The van der Waals surface area contributed by atoms with Crippen molar-refractivity contribution < 1.29 is 0 Å². The standard InChI is InChI=1S/C12H10N6S/c1-13-8-2-3-10-15-6-9(17(10)7-8)11-16-18-5-4-14-12(18)19-11/h2-7,13H,1H3. The molecule has 0 bridgehead atoms. The largest absolute Gasteiger partial charge is 0.387 e. The number of rotatable bonds is 2. The lowest BCUT2D eigenvalue weighted by Crippen LogP contribution is -1.93. The average Bonchev–Trinajstić information content (AvgIpc) is 3.10. The Hall–Kier alpha value is -2.41. The number of fused-ring (bicyclic) bond motifs is 2. The van der Waals surface area contributed by atoms with E-state index in [0.717, 1.165) is 27.0 Å². The van der Waals surface area contributed by atoms with Crippen LogP contribution >= 0.6 is 11.3 Å². The average molecular weight is 270 g/mol. The number of anilines is 1. The molecule has 0 aliphatic rings. The third-order valence-electron chi connectivity index (χ3n) is 2.99. The van der Waals surface area contributed by atoms with Gasteiger partial charge in [0.2, 0.25) is 4.96 Å². The molecular weight excluding hydrogens is 260 g/mol. The zero-order valence-electron chi connectivity index (χ0n) is 10.1. The summed E-state index contributed by atoms with van der Waals surface area (Å²) in [6.07, 6.45) is 7.45. The van der Waals surface area contributed by atoms with Gasteiger partial charge in [0.15, 0.2) is 5.01 Å². The van der Waals surface area contributed by atoms with Crippen LogP contribution in [0.3, 0.4) is 0 Å². The molecule has 0 unspecified atom stereocenters. The van der Waals surface area contributed by atoms with Gasteiger partial charge in [-0.15, -0.1) is 0 Å². The van der Waals surface area contributed by atoms with Crippen LogP contribution in [0.4, 0.5) is 5.69 Å². The van der Waals surface area contributed by atoms with Crippen molar-refractivity contribution in [3.8, 4) is 10.7 Å². The fourth-order valence-corrected chi connectivity index (χ4v) is 2.89. The Bertz CT molecular complexity index is 842. The molecular formula is C12H10N6S. The first-order valence-corrected chi connectivity index (χ1v) is 6.62. The van der Waals surface area contributed by atoms with Crippen molar-refractivity contribution in [3.63, 3.8) is 0 Å². The van der Waals surface area contributed by atoms with Crippen molar-refractivity contribution in [2.24, 2.45) is 0 Å². The minimum absolute atomic E-state index is 0.884. The predicted octanol–water partition coefficient (Wildman–Crippen LogP) is 2.15. The predicted molar refractivity (Wildman–Crippen MR) is 74.6 cm³/mol. The van der Waals surface area contributed by atoms with Gasteiger partial charge >= 0.3 is 0 Å². The van der Waals surface area contributed by atoms with E-state index in [9.17, 15) is 0 Å². The van der Waals surface area contributed by atoms with Gasteiger partial charge in [-0.05, 0) is 12.1 Å². The van der Waals surface area contributed by atoms with Crippen molar-refractivity contribution in [1.29, 1.82) is 0 Å².